The Morgan fingerprint density at radius 1 is 1.10 bits per heavy atom. The van der Waals surface area contributed by atoms with Gasteiger partial charge in [0.15, 0.2) is 0 Å². The van der Waals surface area contributed by atoms with E-state index >= 15 is 0 Å². The van der Waals surface area contributed by atoms with Crippen molar-refractivity contribution in [2.24, 2.45) is 0 Å². The largest absolute Gasteiger partial charge is 0.382 e. The molecule has 21 heavy (non-hydrogen) atoms. The number of aliphatic hydroxyl groups excluding tert-OH is 1. The van der Waals surface area contributed by atoms with Gasteiger partial charge < -0.3 is 5.11 Å². The van der Waals surface area contributed by atoms with Gasteiger partial charge in [-0.1, -0.05) is 65.1 Å². The minimum atomic E-state index is -1.87. The van der Waals surface area contributed by atoms with Gasteiger partial charge in [0.2, 0.25) is 9.57 Å². The van der Waals surface area contributed by atoms with Gasteiger partial charge in [-0.3, -0.25) is 4.40 Å². The molecule has 3 rings (SSSR count). The van der Waals surface area contributed by atoms with Crippen molar-refractivity contribution in [3.05, 3.63) is 54.5 Å². The maximum atomic E-state index is 10.4. The number of hydrogen-bond acceptors (Lipinski definition) is 3. The van der Waals surface area contributed by atoms with Crippen molar-refractivity contribution in [2.75, 3.05) is 0 Å². The van der Waals surface area contributed by atoms with Crippen molar-refractivity contribution in [3.63, 3.8) is 0 Å². The second kappa shape index (κ2) is 5.46. The number of benzene rings is 1. The summed E-state index contributed by atoms with van der Waals surface area (Å²) in [7, 11) is 0. The second-order valence-corrected chi connectivity index (χ2v) is 6.81. The summed E-state index contributed by atoms with van der Waals surface area (Å²) in [6.07, 6.45) is 2.00. The van der Waals surface area contributed by atoms with Gasteiger partial charge in [0.1, 0.15) is 6.10 Å². The number of nitrogens with zero attached hydrogens (tertiary/aromatic N) is 3. The van der Waals surface area contributed by atoms with Crippen molar-refractivity contribution in [2.45, 2.75) is 9.90 Å². The van der Waals surface area contributed by atoms with Gasteiger partial charge in [-0.2, -0.15) is 0 Å². The molecule has 1 atom stereocenters. The summed E-state index contributed by atoms with van der Waals surface area (Å²) in [5, 5.41) is 10.4. The van der Waals surface area contributed by atoms with Crippen LogP contribution in [0.4, 0.5) is 0 Å². The molecular weight excluding hydrogens is 333 g/mol. The van der Waals surface area contributed by atoms with Crippen LogP contribution in [0.25, 0.3) is 17.0 Å². The lowest BCUT2D eigenvalue weighted by molar-refractivity contribution is 0.177. The maximum Gasteiger partial charge on any atom is 0.234 e. The van der Waals surface area contributed by atoms with Crippen LogP contribution >= 0.6 is 34.8 Å². The van der Waals surface area contributed by atoms with Crippen LogP contribution in [-0.4, -0.2) is 23.3 Å². The second-order valence-electron chi connectivity index (χ2n) is 4.45. The molecule has 108 valence electrons. The quantitative estimate of drug-likeness (QED) is 0.721. The van der Waals surface area contributed by atoms with E-state index in [1.165, 1.54) is 0 Å². The number of rotatable bonds is 2. The first-order valence-electron chi connectivity index (χ1n) is 6.11. The van der Waals surface area contributed by atoms with Crippen LogP contribution in [0.15, 0.2) is 48.8 Å². The van der Waals surface area contributed by atoms with E-state index < -0.39 is 9.90 Å². The topological polar surface area (TPSA) is 50.4 Å². The average molecular weight is 343 g/mol. The monoisotopic (exact) mass is 341 g/mol. The Morgan fingerprint density at radius 3 is 2.48 bits per heavy atom. The SMILES string of the molecule is O[C@@H](c1c(-c2ccccc2)nc2ncccn12)C(Cl)(Cl)Cl. The Morgan fingerprint density at radius 2 is 1.81 bits per heavy atom. The number of halogens is 3. The zero-order valence-corrected chi connectivity index (χ0v) is 12.9. The number of aromatic nitrogens is 3. The first-order valence-corrected chi connectivity index (χ1v) is 7.25. The fourth-order valence-electron chi connectivity index (χ4n) is 2.13. The molecule has 4 nitrogen and oxygen atoms in total. The zero-order chi connectivity index (χ0) is 15.0. The van der Waals surface area contributed by atoms with Crippen molar-refractivity contribution >= 4 is 40.6 Å². The molecule has 0 aliphatic heterocycles. The van der Waals surface area contributed by atoms with Crippen molar-refractivity contribution in [3.8, 4) is 11.3 Å². The molecular formula is C14H10Cl3N3O. The molecule has 0 unspecified atom stereocenters. The summed E-state index contributed by atoms with van der Waals surface area (Å²) in [4.78, 5) is 8.60. The van der Waals surface area contributed by atoms with Crippen LogP contribution in [0.5, 0.6) is 0 Å². The standard InChI is InChI=1S/C14H10Cl3N3O/c15-14(16,17)12(21)11-10(9-5-2-1-3-6-9)19-13-18-7-4-8-20(11)13/h1-8,12,21H/t12-/m0/s1. The molecule has 2 aromatic heterocycles. The third-order valence-electron chi connectivity index (χ3n) is 3.06. The molecule has 1 N–H and O–H groups in total. The highest BCUT2D eigenvalue weighted by Gasteiger charge is 2.36. The van der Waals surface area contributed by atoms with Crippen LogP contribution in [-0.2, 0) is 0 Å². The molecule has 0 aliphatic carbocycles. The van der Waals surface area contributed by atoms with Gasteiger partial charge in [0.25, 0.3) is 0 Å². The van der Waals surface area contributed by atoms with Crippen LogP contribution in [0.3, 0.4) is 0 Å². The number of imidazole rings is 1. The Kier molecular flexibility index (Phi) is 3.80. The summed E-state index contributed by atoms with van der Waals surface area (Å²) in [5.41, 5.74) is 1.74. The molecule has 0 bridgehead atoms. The normalized spacial score (nSPS) is 13.5. The summed E-state index contributed by atoms with van der Waals surface area (Å²) >= 11 is 17.6. The minimum absolute atomic E-state index is 0.393. The van der Waals surface area contributed by atoms with Gasteiger partial charge in [-0.05, 0) is 6.07 Å². The van der Waals surface area contributed by atoms with E-state index in [2.05, 4.69) is 9.97 Å². The van der Waals surface area contributed by atoms with Gasteiger partial charge in [0, 0.05) is 18.0 Å². The molecule has 1 aromatic carbocycles. The highest BCUT2D eigenvalue weighted by molar-refractivity contribution is 6.68. The lowest BCUT2D eigenvalue weighted by atomic mass is 10.1. The van der Waals surface area contributed by atoms with Gasteiger partial charge in [0.05, 0.1) is 11.4 Å². The molecule has 0 aliphatic rings. The molecule has 0 amide bonds. The van der Waals surface area contributed by atoms with Crippen LogP contribution < -0.4 is 0 Å². The molecule has 7 heteroatoms. The fraction of sp³-hybridized carbons (Fsp3) is 0.143. The highest BCUT2D eigenvalue weighted by Crippen LogP contribution is 2.42. The number of fused-ring (bicyclic) bond motifs is 1. The van der Waals surface area contributed by atoms with Crippen molar-refractivity contribution in [1.82, 2.24) is 14.4 Å². The molecule has 0 radical (unpaired) electrons. The lowest BCUT2D eigenvalue weighted by Gasteiger charge is -2.19. The third kappa shape index (κ3) is 2.72. The smallest absolute Gasteiger partial charge is 0.234 e. The van der Waals surface area contributed by atoms with Gasteiger partial charge >= 0.3 is 0 Å². The lowest BCUT2D eigenvalue weighted by Crippen LogP contribution is -2.19. The van der Waals surface area contributed by atoms with E-state index in [1.54, 1.807) is 22.9 Å². The van der Waals surface area contributed by atoms with Crippen molar-refractivity contribution in [1.29, 1.82) is 0 Å². The molecule has 3 aromatic rings. The van der Waals surface area contributed by atoms with E-state index in [1.807, 2.05) is 30.3 Å². The van der Waals surface area contributed by atoms with E-state index in [9.17, 15) is 5.11 Å². The number of aliphatic hydroxyl groups is 1. The Bertz CT molecular complexity index is 768. The summed E-state index contributed by atoms with van der Waals surface area (Å²) < 4.78 is -0.246. The van der Waals surface area contributed by atoms with E-state index in [4.69, 9.17) is 34.8 Å². The zero-order valence-electron chi connectivity index (χ0n) is 10.6. The molecule has 0 saturated carbocycles. The Hall–Kier alpha value is -1.33. The predicted molar refractivity (Wildman–Crippen MR) is 83.7 cm³/mol. The highest BCUT2D eigenvalue weighted by atomic mass is 35.6. The first-order chi connectivity index (χ1) is 9.98. The van der Waals surface area contributed by atoms with E-state index in [0.717, 1.165) is 5.56 Å². The minimum Gasteiger partial charge on any atom is -0.382 e. The molecule has 2 heterocycles. The maximum absolute atomic E-state index is 10.4. The Balaban J connectivity index is 2.29. The average Bonchev–Trinajstić information content (AvgIpc) is 2.85. The van der Waals surface area contributed by atoms with Gasteiger partial charge in [-0.25, -0.2) is 9.97 Å². The molecule has 0 spiro atoms. The van der Waals surface area contributed by atoms with Gasteiger partial charge in [-0.15, -0.1) is 0 Å². The van der Waals surface area contributed by atoms with E-state index in [-0.39, 0.29) is 0 Å². The summed E-state index contributed by atoms with van der Waals surface area (Å²) in [6.45, 7) is 0. The van der Waals surface area contributed by atoms with E-state index in [0.29, 0.717) is 17.2 Å². The number of hydrogen-bond donors (Lipinski definition) is 1. The Labute approximate surface area is 135 Å². The summed E-state index contributed by atoms with van der Waals surface area (Å²) in [6, 6.07) is 11.1. The van der Waals surface area contributed by atoms with Crippen LogP contribution in [0, 0.1) is 0 Å². The summed E-state index contributed by atoms with van der Waals surface area (Å²) in [5.74, 6) is 0.430. The fourth-order valence-corrected chi connectivity index (χ4v) is 2.44. The predicted octanol–water partition coefficient (Wildman–Crippen LogP) is 3.80. The van der Waals surface area contributed by atoms with Crippen LogP contribution in [0.1, 0.15) is 11.8 Å². The van der Waals surface area contributed by atoms with Crippen LogP contribution in [0.2, 0.25) is 0 Å². The molecule has 0 fully saturated rings. The third-order valence-corrected chi connectivity index (χ3v) is 3.68. The number of alkyl halides is 3. The first kappa shape index (κ1) is 14.6. The molecule has 0 saturated heterocycles. The van der Waals surface area contributed by atoms with Crippen molar-refractivity contribution < 1.29 is 5.11 Å².